The van der Waals surface area contributed by atoms with Crippen LogP contribution in [0.4, 0.5) is 0 Å². The molecule has 3 aliphatic rings. The van der Waals surface area contributed by atoms with Crippen LogP contribution in [0.25, 0.3) is 0 Å². The third kappa shape index (κ3) is 4.90. The van der Waals surface area contributed by atoms with Crippen molar-refractivity contribution in [2.24, 2.45) is 5.92 Å². The third-order valence-electron chi connectivity index (χ3n) is 7.16. The van der Waals surface area contributed by atoms with Gasteiger partial charge in [0.2, 0.25) is 0 Å². The number of carbonyl (C=O) groups is 2. The van der Waals surface area contributed by atoms with Gasteiger partial charge >= 0.3 is 11.6 Å². The topological polar surface area (TPSA) is 90.2 Å². The van der Waals surface area contributed by atoms with E-state index >= 15 is 0 Å². The molecule has 1 aliphatic carbocycles. The average molecular weight is 490 g/mol. The summed E-state index contributed by atoms with van der Waals surface area (Å²) in [7, 11) is 3.88. The van der Waals surface area contributed by atoms with E-state index in [1.807, 2.05) is 23.9 Å². The zero-order chi connectivity index (χ0) is 24.4. The Hall–Kier alpha value is -2.65. The van der Waals surface area contributed by atoms with E-state index in [1.54, 1.807) is 34.1 Å². The molecule has 0 N–H and O–H groups in total. The molecule has 2 amide bonds. The maximum Gasteiger partial charge on any atom is 0.352 e. The van der Waals surface area contributed by atoms with E-state index in [4.69, 9.17) is 11.6 Å². The number of hydrogen-bond acceptors (Lipinski definition) is 6. The van der Waals surface area contributed by atoms with Gasteiger partial charge in [-0.2, -0.15) is 0 Å². The van der Waals surface area contributed by atoms with E-state index in [0.717, 1.165) is 25.7 Å². The number of nitrogens with zero attached hydrogens (tertiary/aromatic N) is 5. The molecule has 0 spiro atoms. The minimum atomic E-state index is -0.490. The fraction of sp³-hybridized carbons (Fsp3) is 0.583. The van der Waals surface area contributed by atoms with Gasteiger partial charge in [-0.1, -0.05) is 24.4 Å². The van der Waals surface area contributed by atoms with Gasteiger partial charge in [0.15, 0.2) is 0 Å². The summed E-state index contributed by atoms with van der Waals surface area (Å²) < 4.78 is 0. The molecule has 10 heteroatoms. The molecule has 1 saturated carbocycles. The summed E-state index contributed by atoms with van der Waals surface area (Å²) in [6.45, 7) is 3.00. The zero-order valence-corrected chi connectivity index (χ0v) is 20.5. The van der Waals surface area contributed by atoms with E-state index in [-0.39, 0.29) is 23.6 Å². The van der Waals surface area contributed by atoms with E-state index < -0.39 is 10.8 Å². The number of amides is 2. The Labute approximate surface area is 205 Å². The van der Waals surface area contributed by atoms with Crippen LogP contribution < -0.4 is 0 Å². The fourth-order valence-electron chi connectivity index (χ4n) is 5.43. The molecular formula is C24H32ClN5O4. The van der Waals surface area contributed by atoms with Crippen molar-refractivity contribution in [2.75, 3.05) is 53.4 Å². The number of likely N-dealkylation sites (N-methyl/N-ethyl adjacent to an activating group) is 1. The van der Waals surface area contributed by atoms with Crippen LogP contribution in [0.2, 0.25) is 5.02 Å². The van der Waals surface area contributed by atoms with Crippen LogP contribution in [0, 0.1) is 16.0 Å². The van der Waals surface area contributed by atoms with Crippen LogP contribution in [0.5, 0.6) is 0 Å². The van der Waals surface area contributed by atoms with Crippen molar-refractivity contribution in [3.8, 4) is 0 Å². The first-order valence-electron chi connectivity index (χ1n) is 11.9. The van der Waals surface area contributed by atoms with Crippen molar-refractivity contribution >= 4 is 23.4 Å². The number of fused-ring (bicyclic) bond motifs is 1. The highest BCUT2D eigenvalue weighted by Gasteiger charge is 2.49. The molecule has 2 unspecified atom stereocenters. The standard InChI is InChI=1S/C24H32ClN5O4/c1-26(2)11-16-29-20-6-4-3-5-19(20)21(22(24(29)32)30(33)34)27-12-14-28(15-13-27)23(31)17-7-9-18(25)10-8-17/h7-10,19-20H,3-6,11-16H2,1-2H3. The van der Waals surface area contributed by atoms with Crippen LogP contribution in [0.15, 0.2) is 35.7 Å². The van der Waals surface area contributed by atoms with Crippen LogP contribution in [0.1, 0.15) is 36.0 Å². The largest absolute Gasteiger partial charge is 0.365 e. The highest BCUT2D eigenvalue weighted by atomic mass is 35.5. The maximum atomic E-state index is 13.4. The first kappa shape index (κ1) is 24.5. The molecule has 1 aromatic rings. The molecule has 2 aliphatic heterocycles. The average Bonchev–Trinajstić information content (AvgIpc) is 2.82. The first-order valence-corrected chi connectivity index (χ1v) is 12.3. The molecular weight excluding hydrogens is 458 g/mol. The van der Waals surface area contributed by atoms with Gasteiger partial charge in [0, 0.05) is 61.8 Å². The van der Waals surface area contributed by atoms with Crippen molar-refractivity contribution < 1.29 is 14.5 Å². The third-order valence-corrected chi connectivity index (χ3v) is 7.41. The Morgan fingerprint density at radius 3 is 2.38 bits per heavy atom. The molecule has 1 saturated heterocycles. The lowest BCUT2D eigenvalue weighted by atomic mass is 9.77. The van der Waals surface area contributed by atoms with Crippen molar-refractivity contribution in [1.29, 1.82) is 0 Å². The number of piperazine rings is 1. The smallest absolute Gasteiger partial charge is 0.352 e. The number of rotatable bonds is 6. The van der Waals surface area contributed by atoms with Gasteiger partial charge in [-0.15, -0.1) is 0 Å². The van der Waals surface area contributed by atoms with Gasteiger partial charge in [0.25, 0.3) is 5.91 Å². The summed E-state index contributed by atoms with van der Waals surface area (Å²) in [5.41, 5.74) is 0.874. The molecule has 2 fully saturated rings. The van der Waals surface area contributed by atoms with Crippen LogP contribution in [-0.4, -0.2) is 95.7 Å². The summed E-state index contributed by atoms with van der Waals surface area (Å²) in [6.07, 6.45) is 3.73. The van der Waals surface area contributed by atoms with Gasteiger partial charge in [-0.3, -0.25) is 19.7 Å². The predicted octanol–water partition coefficient (Wildman–Crippen LogP) is 2.55. The number of hydrogen-bond donors (Lipinski definition) is 0. The quantitative estimate of drug-likeness (QED) is 0.450. The minimum Gasteiger partial charge on any atom is -0.365 e. The zero-order valence-electron chi connectivity index (χ0n) is 19.8. The highest BCUT2D eigenvalue weighted by Crippen LogP contribution is 2.41. The molecule has 34 heavy (non-hydrogen) atoms. The van der Waals surface area contributed by atoms with E-state index in [0.29, 0.717) is 55.6 Å². The van der Waals surface area contributed by atoms with Crippen molar-refractivity contribution in [2.45, 2.75) is 31.7 Å². The van der Waals surface area contributed by atoms with Crippen molar-refractivity contribution in [3.63, 3.8) is 0 Å². The molecule has 184 valence electrons. The molecule has 0 aromatic heterocycles. The molecule has 0 bridgehead atoms. The van der Waals surface area contributed by atoms with Crippen molar-refractivity contribution in [3.05, 3.63) is 56.4 Å². The first-order chi connectivity index (χ1) is 16.3. The molecule has 1 aromatic carbocycles. The summed E-state index contributed by atoms with van der Waals surface area (Å²) in [6, 6.07) is 6.79. The number of carbonyl (C=O) groups excluding carboxylic acids is 2. The molecule has 2 atom stereocenters. The summed E-state index contributed by atoms with van der Waals surface area (Å²) in [5.74, 6) is -0.581. The lowest BCUT2D eigenvalue weighted by Crippen LogP contribution is -2.58. The second-order valence-corrected chi connectivity index (χ2v) is 9.97. The second-order valence-electron chi connectivity index (χ2n) is 9.54. The fourth-order valence-corrected chi connectivity index (χ4v) is 5.56. The van der Waals surface area contributed by atoms with E-state index in [1.165, 1.54) is 0 Å². The Balaban J connectivity index is 1.56. The van der Waals surface area contributed by atoms with Gasteiger partial charge in [0.1, 0.15) is 5.70 Å². The Morgan fingerprint density at radius 2 is 1.76 bits per heavy atom. The maximum absolute atomic E-state index is 13.4. The normalized spacial score (nSPS) is 23.4. The van der Waals surface area contributed by atoms with Crippen LogP contribution in [0.3, 0.4) is 0 Å². The molecule has 4 rings (SSSR count). The Bertz CT molecular complexity index is 972. The van der Waals surface area contributed by atoms with Crippen LogP contribution in [-0.2, 0) is 4.79 Å². The molecule has 9 nitrogen and oxygen atoms in total. The number of nitro groups is 1. The number of benzene rings is 1. The lowest BCUT2D eigenvalue weighted by Gasteiger charge is -2.47. The van der Waals surface area contributed by atoms with E-state index in [2.05, 4.69) is 0 Å². The van der Waals surface area contributed by atoms with Gasteiger partial charge in [0.05, 0.1) is 4.92 Å². The Morgan fingerprint density at radius 1 is 1.12 bits per heavy atom. The number of halogens is 1. The monoisotopic (exact) mass is 489 g/mol. The minimum absolute atomic E-state index is 0.00590. The lowest BCUT2D eigenvalue weighted by molar-refractivity contribution is -0.424. The summed E-state index contributed by atoms with van der Waals surface area (Å²) >= 11 is 5.93. The van der Waals surface area contributed by atoms with Crippen LogP contribution >= 0.6 is 11.6 Å². The van der Waals surface area contributed by atoms with E-state index in [9.17, 15) is 19.7 Å². The summed E-state index contributed by atoms with van der Waals surface area (Å²) in [4.78, 5) is 45.4. The SMILES string of the molecule is CN(C)CCN1C(=O)C([N+](=O)[O-])=C(N2CCN(C(=O)c3ccc(Cl)cc3)CC2)C2CCCCC21. The summed E-state index contributed by atoms with van der Waals surface area (Å²) in [5, 5.41) is 12.7. The predicted molar refractivity (Wildman–Crippen MR) is 129 cm³/mol. The van der Waals surface area contributed by atoms with Gasteiger partial charge < -0.3 is 19.6 Å². The molecule has 2 heterocycles. The second kappa shape index (κ2) is 10.3. The highest BCUT2D eigenvalue weighted by molar-refractivity contribution is 6.30. The van der Waals surface area contributed by atoms with Gasteiger partial charge in [-0.05, 0) is 51.2 Å². The van der Waals surface area contributed by atoms with Crippen molar-refractivity contribution in [1.82, 2.24) is 19.6 Å². The van der Waals surface area contributed by atoms with Gasteiger partial charge in [-0.25, -0.2) is 0 Å². The Kier molecular flexibility index (Phi) is 7.42. The molecule has 0 radical (unpaired) electrons.